The van der Waals surface area contributed by atoms with Gasteiger partial charge in [0.15, 0.2) is 6.61 Å². The van der Waals surface area contributed by atoms with Gasteiger partial charge in [-0.1, -0.05) is 17.7 Å². The molecule has 0 N–H and O–H groups in total. The van der Waals surface area contributed by atoms with Crippen molar-refractivity contribution in [1.82, 2.24) is 4.90 Å². The summed E-state index contributed by atoms with van der Waals surface area (Å²) >= 11 is 0. The minimum atomic E-state index is 0.0251. The zero-order valence-corrected chi connectivity index (χ0v) is 12.3. The predicted molar refractivity (Wildman–Crippen MR) is 77.9 cm³/mol. The molecule has 1 amide bonds. The monoisotopic (exact) mass is 277 g/mol. The van der Waals surface area contributed by atoms with Gasteiger partial charge in [-0.2, -0.15) is 0 Å². The first-order valence-corrected chi connectivity index (χ1v) is 7.16. The molecule has 0 saturated carbocycles. The van der Waals surface area contributed by atoms with Gasteiger partial charge in [0.1, 0.15) is 5.75 Å². The van der Waals surface area contributed by atoms with E-state index < -0.39 is 0 Å². The van der Waals surface area contributed by atoms with Gasteiger partial charge in [0, 0.05) is 26.8 Å². The van der Waals surface area contributed by atoms with Crippen molar-refractivity contribution < 1.29 is 14.3 Å². The minimum absolute atomic E-state index is 0.0251. The normalized spacial score (nSPS) is 15.9. The maximum atomic E-state index is 12.0. The first-order chi connectivity index (χ1) is 9.65. The van der Waals surface area contributed by atoms with Crippen LogP contribution in [0.3, 0.4) is 0 Å². The van der Waals surface area contributed by atoms with Crippen molar-refractivity contribution in [2.75, 3.05) is 33.4 Å². The average molecular weight is 277 g/mol. The van der Waals surface area contributed by atoms with E-state index in [-0.39, 0.29) is 12.5 Å². The summed E-state index contributed by atoms with van der Waals surface area (Å²) in [6, 6.07) is 7.74. The number of nitrogens with zero attached hydrogens (tertiary/aromatic N) is 1. The standard InChI is InChI=1S/C16H23NO3/c1-13-3-5-15(6-4-13)20-12-16(18)17(2)11-14-7-9-19-10-8-14/h3-6,14H,7-12H2,1-2H3. The lowest BCUT2D eigenvalue weighted by Crippen LogP contribution is -2.36. The first kappa shape index (κ1) is 14.9. The molecule has 1 aromatic rings. The van der Waals surface area contributed by atoms with E-state index in [0.717, 1.165) is 38.3 Å². The number of rotatable bonds is 5. The zero-order chi connectivity index (χ0) is 14.4. The third-order valence-corrected chi connectivity index (χ3v) is 3.68. The van der Waals surface area contributed by atoms with Gasteiger partial charge in [0.2, 0.25) is 0 Å². The van der Waals surface area contributed by atoms with Crippen LogP contribution in [0.4, 0.5) is 0 Å². The van der Waals surface area contributed by atoms with Gasteiger partial charge in [0.05, 0.1) is 0 Å². The third-order valence-electron chi connectivity index (χ3n) is 3.68. The van der Waals surface area contributed by atoms with Crippen molar-refractivity contribution in [2.45, 2.75) is 19.8 Å². The molecule has 1 saturated heterocycles. The predicted octanol–water partition coefficient (Wildman–Crippen LogP) is 2.26. The van der Waals surface area contributed by atoms with E-state index in [4.69, 9.17) is 9.47 Å². The summed E-state index contributed by atoms with van der Waals surface area (Å²) in [5.74, 6) is 1.32. The number of benzene rings is 1. The number of carbonyl (C=O) groups is 1. The van der Waals surface area contributed by atoms with Crippen LogP contribution in [0.5, 0.6) is 5.75 Å². The second-order valence-electron chi connectivity index (χ2n) is 5.43. The molecule has 0 atom stereocenters. The second-order valence-corrected chi connectivity index (χ2v) is 5.43. The molecule has 0 unspecified atom stereocenters. The molecule has 0 spiro atoms. The highest BCUT2D eigenvalue weighted by molar-refractivity contribution is 5.77. The Bertz CT molecular complexity index is 424. The van der Waals surface area contributed by atoms with Crippen LogP contribution >= 0.6 is 0 Å². The highest BCUT2D eigenvalue weighted by atomic mass is 16.5. The van der Waals surface area contributed by atoms with E-state index in [1.807, 2.05) is 38.2 Å². The van der Waals surface area contributed by atoms with Crippen molar-refractivity contribution in [3.63, 3.8) is 0 Å². The quantitative estimate of drug-likeness (QED) is 0.828. The Morgan fingerprint density at radius 2 is 1.95 bits per heavy atom. The molecule has 1 aliphatic heterocycles. The largest absolute Gasteiger partial charge is 0.484 e. The second kappa shape index (κ2) is 7.29. The van der Waals surface area contributed by atoms with Crippen molar-refractivity contribution in [2.24, 2.45) is 5.92 Å². The highest BCUT2D eigenvalue weighted by Crippen LogP contribution is 2.16. The van der Waals surface area contributed by atoms with Crippen LogP contribution in [-0.4, -0.2) is 44.2 Å². The molecule has 4 heteroatoms. The summed E-state index contributed by atoms with van der Waals surface area (Å²) in [7, 11) is 1.84. The summed E-state index contributed by atoms with van der Waals surface area (Å²) in [5.41, 5.74) is 1.18. The average Bonchev–Trinajstić information content (AvgIpc) is 2.47. The van der Waals surface area contributed by atoms with E-state index in [1.54, 1.807) is 4.90 Å². The number of ether oxygens (including phenoxy) is 2. The maximum Gasteiger partial charge on any atom is 0.260 e. The number of aryl methyl sites for hydroxylation is 1. The van der Waals surface area contributed by atoms with Crippen LogP contribution in [-0.2, 0) is 9.53 Å². The topological polar surface area (TPSA) is 38.8 Å². The molecule has 1 fully saturated rings. The van der Waals surface area contributed by atoms with Gasteiger partial charge in [-0.3, -0.25) is 4.79 Å². The molecule has 4 nitrogen and oxygen atoms in total. The van der Waals surface area contributed by atoms with Gasteiger partial charge in [-0.15, -0.1) is 0 Å². The fourth-order valence-corrected chi connectivity index (χ4v) is 2.31. The smallest absolute Gasteiger partial charge is 0.260 e. The number of amides is 1. The van der Waals surface area contributed by atoms with Crippen molar-refractivity contribution in [1.29, 1.82) is 0 Å². The molecule has 2 rings (SSSR count). The van der Waals surface area contributed by atoms with E-state index >= 15 is 0 Å². The first-order valence-electron chi connectivity index (χ1n) is 7.16. The molecular formula is C16H23NO3. The number of hydrogen-bond donors (Lipinski definition) is 0. The van der Waals surface area contributed by atoms with Crippen molar-refractivity contribution in [3.05, 3.63) is 29.8 Å². The molecular weight excluding hydrogens is 254 g/mol. The summed E-state index contributed by atoms with van der Waals surface area (Å²) in [6.45, 7) is 4.54. The molecule has 20 heavy (non-hydrogen) atoms. The van der Waals surface area contributed by atoms with Crippen molar-refractivity contribution >= 4 is 5.91 Å². The van der Waals surface area contributed by atoms with Gasteiger partial charge >= 0.3 is 0 Å². The molecule has 0 bridgehead atoms. The molecule has 0 radical (unpaired) electrons. The van der Waals surface area contributed by atoms with Crippen molar-refractivity contribution in [3.8, 4) is 5.75 Å². The van der Waals surface area contributed by atoms with Gasteiger partial charge in [-0.25, -0.2) is 0 Å². The SMILES string of the molecule is Cc1ccc(OCC(=O)N(C)CC2CCOCC2)cc1. The Hall–Kier alpha value is -1.55. The Morgan fingerprint density at radius 3 is 2.60 bits per heavy atom. The minimum Gasteiger partial charge on any atom is -0.484 e. The summed E-state index contributed by atoms with van der Waals surface area (Å²) in [6.07, 6.45) is 2.08. The van der Waals surface area contributed by atoms with Crippen LogP contribution in [0.1, 0.15) is 18.4 Å². The van der Waals surface area contributed by atoms with Crippen LogP contribution in [0.15, 0.2) is 24.3 Å². The number of hydrogen-bond acceptors (Lipinski definition) is 3. The summed E-state index contributed by atoms with van der Waals surface area (Å²) in [5, 5.41) is 0. The molecule has 1 aliphatic rings. The molecule has 1 aromatic carbocycles. The Balaban J connectivity index is 1.74. The fourth-order valence-electron chi connectivity index (χ4n) is 2.31. The van der Waals surface area contributed by atoms with Gasteiger partial charge in [0.25, 0.3) is 5.91 Å². The third kappa shape index (κ3) is 4.53. The summed E-state index contributed by atoms with van der Waals surface area (Å²) in [4.78, 5) is 13.8. The Labute approximate surface area is 120 Å². The molecule has 0 aromatic heterocycles. The fraction of sp³-hybridized carbons (Fsp3) is 0.562. The number of carbonyl (C=O) groups excluding carboxylic acids is 1. The summed E-state index contributed by atoms with van der Waals surface area (Å²) < 4.78 is 10.8. The Kier molecular flexibility index (Phi) is 5.41. The van der Waals surface area contributed by atoms with Crippen LogP contribution in [0.25, 0.3) is 0 Å². The molecule has 110 valence electrons. The lowest BCUT2D eigenvalue weighted by molar-refractivity contribution is -0.133. The van der Waals surface area contributed by atoms with Crippen LogP contribution in [0, 0.1) is 12.8 Å². The molecule has 1 heterocycles. The Morgan fingerprint density at radius 1 is 1.30 bits per heavy atom. The maximum absolute atomic E-state index is 12.0. The van der Waals surface area contributed by atoms with Gasteiger partial charge < -0.3 is 14.4 Å². The van der Waals surface area contributed by atoms with Gasteiger partial charge in [-0.05, 0) is 37.8 Å². The zero-order valence-electron chi connectivity index (χ0n) is 12.3. The molecule has 0 aliphatic carbocycles. The highest BCUT2D eigenvalue weighted by Gasteiger charge is 2.18. The van der Waals surface area contributed by atoms with Crippen LogP contribution < -0.4 is 4.74 Å². The lowest BCUT2D eigenvalue weighted by atomic mass is 10.00. The van der Waals surface area contributed by atoms with E-state index in [2.05, 4.69) is 0 Å². The van der Waals surface area contributed by atoms with E-state index in [9.17, 15) is 4.79 Å². The van der Waals surface area contributed by atoms with Crippen LogP contribution in [0.2, 0.25) is 0 Å². The number of likely N-dealkylation sites (N-methyl/N-ethyl adjacent to an activating group) is 1. The van der Waals surface area contributed by atoms with E-state index in [0.29, 0.717) is 5.92 Å². The van der Waals surface area contributed by atoms with E-state index in [1.165, 1.54) is 5.56 Å². The lowest BCUT2D eigenvalue weighted by Gasteiger charge is -2.27.